The normalized spacial score (nSPS) is 11.2. The predicted molar refractivity (Wildman–Crippen MR) is 116 cm³/mol. The minimum atomic E-state index is -0.638. The number of carbonyl (C=O) groups is 2. The fourth-order valence-electron chi connectivity index (χ4n) is 3.18. The number of esters is 2. The second kappa shape index (κ2) is 9.59. The molecule has 156 valence electrons. The van der Waals surface area contributed by atoms with Crippen LogP contribution in [0.5, 0.6) is 0 Å². The van der Waals surface area contributed by atoms with Gasteiger partial charge in [0.25, 0.3) is 0 Å². The SMILES string of the molecule is CCc1cc(Cl)ccc1Cn1nc(/C=C/C(=O)OCC(=O)OC)c2ccc(C)cc21. The van der Waals surface area contributed by atoms with Gasteiger partial charge in [-0.1, -0.05) is 36.7 Å². The Balaban J connectivity index is 1.91. The number of rotatable bonds is 7. The van der Waals surface area contributed by atoms with Gasteiger partial charge in [0.1, 0.15) is 0 Å². The number of fused-ring (bicyclic) bond motifs is 1. The van der Waals surface area contributed by atoms with E-state index in [4.69, 9.17) is 21.4 Å². The van der Waals surface area contributed by atoms with Crippen LogP contribution in [-0.4, -0.2) is 35.4 Å². The smallest absolute Gasteiger partial charge is 0.344 e. The molecule has 0 atom stereocenters. The summed E-state index contributed by atoms with van der Waals surface area (Å²) < 4.78 is 11.2. The summed E-state index contributed by atoms with van der Waals surface area (Å²) >= 11 is 6.14. The third-order valence-corrected chi connectivity index (χ3v) is 4.98. The van der Waals surface area contributed by atoms with Crippen molar-refractivity contribution in [3.63, 3.8) is 0 Å². The summed E-state index contributed by atoms with van der Waals surface area (Å²) in [6, 6.07) is 11.9. The van der Waals surface area contributed by atoms with Gasteiger partial charge in [0, 0.05) is 16.5 Å². The Kier molecular flexibility index (Phi) is 6.90. The molecular weight excluding hydrogens is 404 g/mol. The molecule has 0 aliphatic rings. The van der Waals surface area contributed by atoms with Crippen LogP contribution < -0.4 is 0 Å². The number of ether oxygens (including phenoxy) is 2. The highest BCUT2D eigenvalue weighted by Gasteiger charge is 2.12. The molecule has 3 rings (SSSR count). The van der Waals surface area contributed by atoms with E-state index in [1.165, 1.54) is 18.7 Å². The van der Waals surface area contributed by atoms with E-state index in [-0.39, 0.29) is 0 Å². The summed E-state index contributed by atoms with van der Waals surface area (Å²) in [6.07, 6.45) is 3.72. The summed E-state index contributed by atoms with van der Waals surface area (Å²) in [5, 5.41) is 6.34. The molecule has 6 nitrogen and oxygen atoms in total. The van der Waals surface area contributed by atoms with Gasteiger partial charge in [-0.3, -0.25) is 4.68 Å². The molecular formula is C23H23ClN2O4. The van der Waals surface area contributed by atoms with Gasteiger partial charge < -0.3 is 9.47 Å². The van der Waals surface area contributed by atoms with E-state index >= 15 is 0 Å². The molecule has 0 N–H and O–H groups in total. The van der Waals surface area contributed by atoms with Crippen LogP contribution in [0, 0.1) is 6.92 Å². The quantitative estimate of drug-likeness (QED) is 0.415. The summed E-state index contributed by atoms with van der Waals surface area (Å²) in [6.45, 7) is 4.27. The molecule has 1 heterocycles. The van der Waals surface area contributed by atoms with Gasteiger partial charge in [-0.2, -0.15) is 5.10 Å². The molecule has 0 spiro atoms. The Labute approximate surface area is 180 Å². The van der Waals surface area contributed by atoms with E-state index in [0.29, 0.717) is 17.3 Å². The van der Waals surface area contributed by atoms with Gasteiger partial charge >= 0.3 is 11.9 Å². The van der Waals surface area contributed by atoms with Gasteiger partial charge in [0.2, 0.25) is 0 Å². The number of carbonyl (C=O) groups excluding carboxylic acids is 2. The number of hydrogen-bond donors (Lipinski definition) is 0. The molecule has 30 heavy (non-hydrogen) atoms. The molecule has 0 fully saturated rings. The molecule has 2 aromatic carbocycles. The molecule has 0 aliphatic heterocycles. The Morgan fingerprint density at radius 1 is 1.17 bits per heavy atom. The lowest BCUT2D eigenvalue weighted by Crippen LogP contribution is -2.13. The predicted octanol–water partition coefficient (Wildman–Crippen LogP) is 4.34. The Morgan fingerprint density at radius 2 is 1.97 bits per heavy atom. The number of hydrogen-bond acceptors (Lipinski definition) is 5. The highest BCUT2D eigenvalue weighted by molar-refractivity contribution is 6.30. The molecule has 7 heteroatoms. The third kappa shape index (κ3) is 5.07. The second-order valence-corrected chi connectivity index (χ2v) is 7.28. The maximum Gasteiger partial charge on any atom is 0.344 e. The number of nitrogens with zero attached hydrogens (tertiary/aromatic N) is 2. The first-order valence-electron chi connectivity index (χ1n) is 9.57. The maximum absolute atomic E-state index is 11.9. The Morgan fingerprint density at radius 3 is 2.70 bits per heavy atom. The van der Waals surface area contributed by atoms with Gasteiger partial charge in [0.15, 0.2) is 6.61 Å². The molecule has 0 saturated carbocycles. The van der Waals surface area contributed by atoms with Crippen molar-refractivity contribution in [2.45, 2.75) is 26.8 Å². The zero-order valence-corrected chi connectivity index (χ0v) is 17.9. The van der Waals surface area contributed by atoms with Gasteiger partial charge in [0.05, 0.1) is 24.9 Å². The van der Waals surface area contributed by atoms with Crippen LogP contribution in [0.3, 0.4) is 0 Å². The largest absolute Gasteiger partial charge is 0.466 e. The van der Waals surface area contributed by atoms with Crippen molar-refractivity contribution in [3.05, 3.63) is 69.9 Å². The standard InChI is InChI=1S/C23H23ClN2O4/c1-4-16-12-18(24)7-6-17(16)13-26-21-11-15(2)5-8-19(21)20(25-26)9-10-22(27)30-14-23(28)29-3/h5-12H,4,13-14H2,1-3H3/b10-9+. The summed E-state index contributed by atoms with van der Waals surface area (Å²) in [5.74, 6) is -1.25. The van der Waals surface area contributed by atoms with Crippen molar-refractivity contribution in [2.24, 2.45) is 0 Å². The first-order valence-corrected chi connectivity index (χ1v) is 9.95. The minimum absolute atomic E-state index is 0.426. The molecule has 0 aliphatic carbocycles. The molecule has 0 radical (unpaired) electrons. The lowest BCUT2D eigenvalue weighted by molar-refractivity contribution is -0.154. The average molecular weight is 427 g/mol. The Bertz CT molecular complexity index is 1120. The zero-order valence-electron chi connectivity index (χ0n) is 17.1. The van der Waals surface area contributed by atoms with Crippen LogP contribution in [0.2, 0.25) is 5.02 Å². The number of benzene rings is 2. The zero-order chi connectivity index (χ0) is 21.7. The number of halogens is 1. The fraction of sp³-hybridized carbons (Fsp3) is 0.261. The third-order valence-electron chi connectivity index (χ3n) is 4.74. The van der Waals surface area contributed by atoms with Gasteiger partial charge in [-0.05, 0) is 54.3 Å². The Hall–Kier alpha value is -3.12. The highest BCUT2D eigenvalue weighted by atomic mass is 35.5. The number of methoxy groups -OCH3 is 1. The summed E-state index contributed by atoms with van der Waals surface area (Å²) in [4.78, 5) is 23.0. The molecule has 0 saturated heterocycles. The van der Waals surface area contributed by atoms with Crippen LogP contribution in [0.1, 0.15) is 29.3 Å². The van der Waals surface area contributed by atoms with Crippen LogP contribution in [0.15, 0.2) is 42.5 Å². The lowest BCUT2D eigenvalue weighted by Gasteiger charge is -2.10. The fourth-order valence-corrected chi connectivity index (χ4v) is 3.37. The molecule has 0 bridgehead atoms. The molecule has 1 aromatic heterocycles. The van der Waals surface area contributed by atoms with E-state index in [1.54, 1.807) is 6.08 Å². The first-order chi connectivity index (χ1) is 14.4. The summed E-state index contributed by atoms with van der Waals surface area (Å²) in [5.41, 5.74) is 5.04. The highest BCUT2D eigenvalue weighted by Crippen LogP contribution is 2.24. The van der Waals surface area contributed by atoms with Crippen molar-refractivity contribution in [2.75, 3.05) is 13.7 Å². The van der Waals surface area contributed by atoms with Gasteiger partial charge in [-0.25, -0.2) is 9.59 Å². The first kappa shape index (κ1) is 21.6. The van der Waals surface area contributed by atoms with E-state index in [0.717, 1.165) is 28.5 Å². The number of aromatic nitrogens is 2. The van der Waals surface area contributed by atoms with Crippen molar-refractivity contribution < 1.29 is 19.1 Å². The van der Waals surface area contributed by atoms with Crippen molar-refractivity contribution in [1.82, 2.24) is 9.78 Å². The van der Waals surface area contributed by atoms with Crippen LogP contribution in [0.25, 0.3) is 17.0 Å². The van der Waals surface area contributed by atoms with Crippen LogP contribution in [-0.2, 0) is 32.0 Å². The summed E-state index contributed by atoms with van der Waals surface area (Å²) in [7, 11) is 1.23. The van der Waals surface area contributed by atoms with E-state index in [9.17, 15) is 9.59 Å². The van der Waals surface area contributed by atoms with E-state index in [2.05, 4.69) is 17.7 Å². The maximum atomic E-state index is 11.9. The van der Waals surface area contributed by atoms with Crippen molar-refractivity contribution >= 4 is 40.5 Å². The average Bonchev–Trinajstić information content (AvgIpc) is 3.08. The monoisotopic (exact) mass is 426 g/mol. The van der Waals surface area contributed by atoms with Gasteiger partial charge in [-0.15, -0.1) is 0 Å². The topological polar surface area (TPSA) is 70.4 Å². The molecule has 3 aromatic rings. The van der Waals surface area contributed by atoms with Crippen LogP contribution in [0.4, 0.5) is 0 Å². The van der Waals surface area contributed by atoms with Crippen molar-refractivity contribution in [3.8, 4) is 0 Å². The lowest BCUT2D eigenvalue weighted by atomic mass is 10.1. The molecule has 0 unspecified atom stereocenters. The number of aryl methyl sites for hydroxylation is 2. The van der Waals surface area contributed by atoms with Crippen LogP contribution >= 0.6 is 11.6 Å². The molecule has 0 amide bonds. The van der Waals surface area contributed by atoms with E-state index in [1.807, 2.05) is 41.9 Å². The second-order valence-electron chi connectivity index (χ2n) is 6.85. The van der Waals surface area contributed by atoms with E-state index < -0.39 is 18.5 Å². The minimum Gasteiger partial charge on any atom is -0.466 e. The van der Waals surface area contributed by atoms with Crippen molar-refractivity contribution in [1.29, 1.82) is 0 Å².